The Morgan fingerprint density at radius 2 is 2.04 bits per heavy atom. The summed E-state index contributed by atoms with van der Waals surface area (Å²) in [5.74, 6) is 0.330. The second-order valence-electron chi connectivity index (χ2n) is 7.31. The summed E-state index contributed by atoms with van der Waals surface area (Å²) in [6.07, 6.45) is 2.64. The van der Waals surface area contributed by atoms with Gasteiger partial charge in [0, 0.05) is 45.7 Å². The van der Waals surface area contributed by atoms with Crippen molar-refractivity contribution in [2.45, 2.75) is 24.2 Å². The Hall–Kier alpha value is -1.93. The maximum absolute atomic E-state index is 12.8. The number of rotatable bonds is 7. The van der Waals surface area contributed by atoms with Crippen LogP contribution < -0.4 is 5.32 Å². The number of nitrogens with zero attached hydrogens (tertiary/aromatic N) is 2. The molecule has 2 aliphatic rings. The smallest absolute Gasteiger partial charge is 0.251 e. The van der Waals surface area contributed by atoms with Crippen molar-refractivity contribution in [3.8, 4) is 0 Å². The van der Waals surface area contributed by atoms with Crippen LogP contribution in [-0.2, 0) is 14.8 Å². The summed E-state index contributed by atoms with van der Waals surface area (Å²) in [5, 5.41) is 2.85. The monoisotopic (exact) mass is 379 g/mol. The van der Waals surface area contributed by atoms with Crippen LogP contribution in [0.3, 0.4) is 0 Å². The Bertz CT molecular complexity index is 804. The largest absolute Gasteiger partial charge is 0.352 e. The first-order valence-electron chi connectivity index (χ1n) is 8.86. The molecule has 1 atom stereocenters. The van der Waals surface area contributed by atoms with E-state index < -0.39 is 10.0 Å². The predicted molar refractivity (Wildman–Crippen MR) is 97.1 cm³/mol. The number of sulfonamides is 1. The highest BCUT2D eigenvalue weighted by molar-refractivity contribution is 7.89. The van der Waals surface area contributed by atoms with Crippen LogP contribution in [0.4, 0.5) is 0 Å². The van der Waals surface area contributed by atoms with E-state index in [2.05, 4.69) is 5.32 Å². The van der Waals surface area contributed by atoms with Gasteiger partial charge in [0.05, 0.1) is 4.90 Å². The predicted octanol–water partition coefficient (Wildman–Crippen LogP) is 0.925. The van der Waals surface area contributed by atoms with Crippen molar-refractivity contribution in [3.05, 3.63) is 29.8 Å². The number of hydrogen-bond acceptors (Lipinski definition) is 4. The molecule has 1 N–H and O–H groups in total. The number of likely N-dealkylation sites (tertiary alicyclic amines) is 1. The first kappa shape index (κ1) is 18.8. The van der Waals surface area contributed by atoms with E-state index in [9.17, 15) is 18.0 Å². The Labute approximate surface area is 154 Å². The van der Waals surface area contributed by atoms with Crippen molar-refractivity contribution in [2.24, 2.45) is 11.8 Å². The lowest BCUT2D eigenvalue weighted by Gasteiger charge is -2.21. The van der Waals surface area contributed by atoms with Crippen molar-refractivity contribution >= 4 is 21.8 Å². The summed E-state index contributed by atoms with van der Waals surface area (Å²) in [6.45, 7) is 1.47. The normalized spacial score (nSPS) is 20.7. The number of hydrogen-bond donors (Lipinski definition) is 1. The molecule has 142 valence electrons. The molecule has 3 rings (SSSR count). The third-order valence-electron chi connectivity index (χ3n) is 4.99. The Morgan fingerprint density at radius 3 is 2.65 bits per heavy atom. The zero-order valence-corrected chi connectivity index (χ0v) is 16.0. The molecular weight excluding hydrogens is 354 g/mol. The molecule has 26 heavy (non-hydrogen) atoms. The number of benzene rings is 1. The van der Waals surface area contributed by atoms with Crippen LogP contribution in [0.15, 0.2) is 29.2 Å². The van der Waals surface area contributed by atoms with Gasteiger partial charge in [-0.25, -0.2) is 12.7 Å². The van der Waals surface area contributed by atoms with E-state index in [0.717, 1.165) is 12.8 Å². The maximum atomic E-state index is 12.8. The van der Waals surface area contributed by atoms with Gasteiger partial charge in [0.2, 0.25) is 15.9 Å². The highest BCUT2D eigenvalue weighted by Gasteiger charge is 2.31. The number of nitrogens with one attached hydrogen (secondary N) is 1. The number of carbonyl (C=O) groups excluding carboxylic acids is 2. The second-order valence-corrected chi connectivity index (χ2v) is 9.36. The third-order valence-corrected chi connectivity index (χ3v) is 6.81. The third kappa shape index (κ3) is 4.24. The van der Waals surface area contributed by atoms with Gasteiger partial charge in [0.15, 0.2) is 0 Å². The summed E-state index contributed by atoms with van der Waals surface area (Å²) in [6, 6.07) is 6.11. The van der Waals surface area contributed by atoms with Gasteiger partial charge in [-0.05, 0) is 42.9 Å². The van der Waals surface area contributed by atoms with E-state index >= 15 is 0 Å². The lowest BCUT2D eigenvalue weighted by molar-refractivity contribution is -0.126. The van der Waals surface area contributed by atoms with Gasteiger partial charge < -0.3 is 10.2 Å². The van der Waals surface area contributed by atoms with Crippen molar-refractivity contribution < 1.29 is 18.0 Å². The molecule has 0 radical (unpaired) electrons. The van der Waals surface area contributed by atoms with Crippen LogP contribution >= 0.6 is 0 Å². The zero-order chi connectivity index (χ0) is 18.9. The molecule has 0 spiro atoms. The standard InChI is InChI=1S/C18H25N3O4S/c1-20-11-14(8-17(20)22)12-21(2)26(24,25)16-5-3-4-15(9-16)18(23)19-10-13-6-7-13/h3-5,9,13-14H,6-8,10-12H2,1-2H3,(H,19,23)/t14-/m1/s1. The van der Waals surface area contributed by atoms with E-state index in [1.807, 2.05) is 0 Å². The van der Waals surface area contributed by atoms with Gasteiger partial charge in [-0.2, -0.15) is 0 Å². The summed E-state index contributed by atoms with van der Waals surface area (Å²) in [5.41, 5.74) is 0.343. The van der Waals surface area contributed by atoms with Crippen LogP contribution in [-0.4, -0.2) is 63.2 Å². The van der Waals surface area contributed by atoms with Crippen LogP contribution in [0.5, 0.6) is 0 Å². The molecule has 8 heteroatoms. The quantitative estimate of drug-likeness (QED) is 0.763. The molecule has 1 saturated carbocycles. The first-order chi connectivity index (χ1) is 12.3. The Balaban J connectivity index is 1.68. The second kappa shape index (κ2) is 7.36. The van der Waals surface area contributed by atoms with Crippen LogP contribution in [0, 0.1) is 11.8 Å². The molecule has 1 aromatic rings. The minimum atomic E-state index is -3.71. The number of carbonyl (C=O) groups is 2. The van der Waals surface area contributed by atoms with Gasteiger partial charge in [-0.15, -0.1) is 0 Å². The summed E-state index contributed by atoms with van der Waals surface area (Å²) in [4.78, 5) is 25.6. The molecule has 0 aromatic heterocycles. The van der Waals surface area contributed by atoms with E-state index in [0.29, 0.717) is 31.0 Å². The summed E-state index contributed by atoms with van der Waals surface area (Å²) in [7, 11) is -0.478. The lowest BCUT2D eigenvalue weighted by Crippen LogP contribution is -2.33. The molecule has 2 fully saturated rings. The van der Waals surface area contributed by atoms with E-state index in [1.54, 1.807) is 24.1 Å². The number of amides is 2. The molecule has 1 heterocycles. The van der Waals surface area contributed by atoms with E-state index in [-0.39, 0.29) is 29.2 Å². The molecule has 7 nitrogen and oxygen atoms in total. The molecule has 1 aromatic carbocycles. The van der Waals surface area contributed by atoms with Crippen LogP contribution in [0.1, 0.15) is 29.6 Å². The fraction of sp³-hybridized carbons (Fsp3) is 0.556. The fourth-order valence-corrected chi connectivity index (χ4v) is 4.47. The molecule has 0 unspecified atom stereocenters. The first-order valence-corrected chi connectivity index (χ1v) is 10.3. The lowest BCUT2D eigenvalue weighted by atomic mass is 10.1. The molecule has 1 aliphatic heterocycles. The summed E-state index contributed by atoms with van der Waals surface area (Å²) >= 11 is 0. The molecule has 0 bridgehead atoms. The van der Waals surface area contributed by atoms with Gasteiger partial charge in [0.25, 0.3) is 5.91 Å². The van der Waals surface area contributed by atoms with Crippen LogP contribution in [0.25, 0.3) is 0 Å². The van der Waals surface area contributed by atoms with Gasteiger partial charge in [0.1, 0.15) is 0 Å². The zero-order valence-electron chi connectivity index (χ0n) is 15.1. The van der Waals surface area contributed by atoms with Gasteiger partial charge >= 0.3 is 0 Å². The van der Waals surface area contributed by atoms with E-state index in [4.69, 9.17) is 0 Å². The van der Waals surface area contributed by atoms with Gasteiger partial charge in [-0.1, -0.05) is 6.07 Å². The van der Waals surface area contributed by atoms with Crippen molar-refractivity contribution in [1.29, 1.82) is 0 Å². The average Bonchev–Trinajstić information content (AvgIpc) is 3.38. The van der Waals surface area contributed by atoms with Gasteiger partial charge in [-0.3, -0.25) is 9.59 Å². The van der Waals surface area contributed by atoms with Crippen molar-refractivity contribution in [1.82, 2.24) is 14.5 Å². The minimum absolute atomic E-state index is 0.0164. The fourth-order valence-electron chi connectivity index (χ4n) is 3.18. The molecule has 2 amide bonds. The minimum Gasteiger partial charge on any atom is -0.352 e. The maximum Gasteiger partial charge on any atom is 0.251 e. The molecular formula is C18H25N3O4S. The highest BCUT2D eigenvalue weighted by atomic mass is 32.2. The molecule has 1 aliphatic carbocycles. The van der Waals surface area contributed by atoms with Crippen molar-refractivity contribution in [2.75, 3.05) is 33.7 Å². The molecule has 1 saturated heterocycles. The van der Waals surface area contributed by atoms with Crippen LogP contribution in [0.2, 0.25) is 0 Å². The summed E-state index contributed by atoms with van der Waals surface area (Å²) < 4.78 is 26.9. The van der Waals surface area contributed by atoms with Crippen molar-refractivity contribution in [3.63, 3.8) is 0 Å². The Morgan fingerprint density at radius 1 is 1.31 bits per heavy atom. The van der Waals surface area contributed by atoms with E-state index in [1.165, 1.54) is 23.5 Å². The average molecular weight is 379 g/mol. The SMILES string of the molecule is CN1C[C@H](CN(C)S(=O)(=O)c2cccc(C(=O)NCC3CC3)c2)CC1=O. The topological polar surface area (TPSA) is 86.8 Å². The highest BCUT2D eigenvalue weighted by Crippen LogP contribution is 2.27. The Kier molecular flexibility index (Phi) is 5.34.